The topological polar surface area (TPSA) is 240 Å². The predicted molar refractivity (Wildman–Crippen MR) is 115 cm³/mol. The van der Waals surface area contributed by atoms with Gasteiger partial charge in [0, 0.05) is 6.42 Å². The number of unbranched alkanes of at least 4 members (excludes halogenated alkanes) is 2. The zero-order valence-electron chi connectivity index (χ0n) is 18.2. The molecule has 13 nitrogen and oxygen atoms in total. The van der Waals surface area contributed by atoms with Gasteiger partial charge < -0.3 is 43.4 Å². The number of nitrogens with one attached hydrogen (secondary N) is 3. The zero-order valence-corrected chi connectivity index (χ0v) is 18.2. The SMILES string of the molecule is NCCCCC(NC(=O)C(CCC(=O)O)NC(=O)C(CCCCN)NC(=O)CN)C(=O)O. The summed E-state index contributed by atoms with van der Waals surface area (Å²) in [7, 11) is 0. The Labute approximate surface area is 186 Å². The van der Waals surface area contributed by atoms with Gasteiger partial charge in [-0.15, -0.1) is 0 Å². The molecule has 0 heterocycles. The van der Waals surface area contributed by atoms with Gasteiger partial charge >= 0.3 is 11.9 Å². The average molecular weight is 461 g/mol. The molecule has 0 rings (SSSR count). The summed E-state index contributed by atoms with van der Waals surface area (Å²) >= 11 is 0. The monoisotopic (exact) mass is 460 g/mol. The van der Waals surface area contributed by atoms with Gasteiger partial charge in [0.05, 0.1) is 6.54 Å². The Morgan fingerprint density at radius 3 is 1.56 bits per heavy atom. The summed E-state index contributed by atoms with van der Waals surface area (Å²) in [5.74, 6) is -4.55. The Balaban J connectivity index is 5.34. The van der Waals surface area contributed by atoms with E-state index in [-0.39, 0.29) is 25.8 Å². The third-order valence-electron chi connectivity index (χ3n) is 4.63. The molecule has 32 heavy (non-hydrogen) atoms. The largest absolute Gasteiger partial charge is 0.481 e. The van der Waals surface area contributed by atoms with Crippen molar-refractivity contribution in [2.45, 2.75) is 69.5 Å². The highest BCUT2D eigenvalue weighted by molar-refractivity contribution is 5.93. The first-order valence-corrected chi connectivity index (χ1v) is 10.6. The van der Waals surface area contributed by atoms with Crippen LogP contribution in [0.4, 0.5) is 0 Å². The zero-order chi connectivity index (χ0) is 24.5. The van der Waals surface area contributed by atoms with Crippen molar-refractivity contribution < 1.29 is 34.2 Å². The lowest BCUT2D eigenvalue weighted by atomic mass is 10.0. The van der Waals surface area contributed by atoms with Crippen LogP contribution in [0.5, 0.6) is 0 Å². The number of carboxylic acids is 2. The van der Waals surface area contributed by atoms with E-state index < -0.39 is 54.2 Å². The summed E-state index contributed by atoms with van der Waals surface area (Å²) in [6.07, 6.45) is 1.84. The van der Waals surface area contributed by atoms with Gasteiger partial charge in [0.15, 0.2) is 0 Å². The smallest absolute Gasteiger partial charge is 0.326 e. The molecule has 0 aromatic carbocycles. The van der Waals surface area contributed by atoms with Gasteiger partial charge in [-0.3, -0.25) is 19.2 Å². The quantitative estimate of drug-likeness (QED) is 0.101. The average Bonchev–Trinajstić information content (AvgIpc) is 2.74. The lowest BCUT2D eigenvalue weighted by Gasteiger charge is -2.24. The third kappa shape index (κ3) is 12.8. The molecule has 3 unspecified atom stereocenters. The van der Waals surface area contributed by atoms with Crippen LogP contribution in [-0.2, 0) is 24.0 Å². The van der Waals surface area contributed by atoms with Gasteiger partial charge in [-0.25, -0.2) is 4.79 Å². The fourth-order valence-corrected chi connectivity index (χ4v) is 2.85. The van der Waals surface area contributed by atoms with Crippen molar-refractivity contribution in [2.24, 2.45) is 17.2 Å². The maximum Gasteiger partial charge on any atom is 0.326 e. The molecule has 0 radical (unpaired) electrons. The van der Waals surface area contributed by atoms with Crippen LogP contribution in [0, 0.1) is 0 Å². The molecular weight excluding hydrogens is 424 g/mol. The molecule has 0 aliphatic heterocycles. The van der Waals surface area contributed by atoms with Crippen molar-refractivity contribution in [3.63, 3.8) is 0 Å². The fraction of sp³-hybridized carbons (Fsp3) is 0.737. The number of rotatable bonds is 18. The highest BCUT2D eigenvalue weighted by Gasteiger charge is 2.29. The maximum absolute atomic E-state index is 12.7. The number of nitrogens with two attached hydrogens (primary N) is 3. The first-order chi connectivity index (χ1) is 15.2. The van der Waals surface area contributed by atoms with E-state index >= 15 is 0 Å². The number of carboxylic acid groups (broad SMARTS) is 2. The number of carbonyl (C=O) groups is 5. The van der Waals surface area contributed by atoms with Crippen LogP contribution in [0.25, 0.3) is 0 Å². The molecule has 0 fully saturated rings. The van der Waals surface area contributed by atoms with E-state index in [1.165, 1.54) is 0 Å². The summed E-state index contributed by atoms with van der Waals surface area (Å²) in [5.41, 5.74) is 16.1. The molecule has 0 bridgehead atoms. The van der Waals surface area contributed by atoms with E-state index in [2.05, 4.69) is 16.0 Å². The highest BCUT2D eigenvalue weighted by Crippen LogP contribution is 2.06. The van der Waals surface area contributed by atoms with E-state index in [1.807, 2.05) is 0 Å². The van der Waals surface area contributed by atoms with E-state index in [9.17, 15) is 29.1 Å². The summed E-state index contributed by atoms with van der Waals surface area (Å²) in [6.45, 7) is 0.424. The Hall–Kier alpha value is -2.77. The van der Waals surface area contributed by atoms with Crippen LogP contribution >= 0.6 is 0 Å². The van der Waals surface area contributed by atoms with Crippen LogP contribution in [0.2, 0.25) is 0 Å². The van der Waals surface area contributed by atoms with E-state index in [4.69, 9.17) is 22.3 Å². The maximum atomic E-state index is 12.7. The Kier molecular flexibility index (Phi) is 15.4. The lowest BCUT2D eigenvalue weighted by Crippen LogP contribution is -2.56. The second-order valence-electron chi connectivity index (χ2n) is 7.29. The molecule has 0 aliphatic carbocycles. The summed E-state index contributed by atoms with van der Waals surface area (Å²) in [4.78, 5) is 59.5. The highest BCUT2D eigenvalue weighted by atomic mass is 16.4. The standard InChI is InChI=1S/C19H36N6O7/c20-9-3-1-5-12(23-15(26)11-22)17(29)24-13(7-8-16(27)28)18(30)25-14(19(31)32)6-2-4-10-21/h12-14H,1-11,20-22H2,(H,23,26)(H,24,29)(H,25,30)(H,27,28)(H,31,32). The molecular formula is C19H36N6O7. The van der Waals surface area contributed by atoms with Crippen molar-refractivity contribution in [3.8, 4) is 0 Å². The van der Waals surface area contributed by atoms with Gasteiger partial charge in [-0.05, 0) is 58.0 Å². The molecule has 3 amide bonds. The van der Waals surface area contributed by atoms with Crippen molar-refractivity contribution in [1.82, 2.24) is 16.0 Å². The molecule has 0 aromatic heterocycles. The van der Waals surface area contributed by atoms with Crippen molar-refractivity contribution >= 4 is 29.7 Å². The molecule has 0 saturated carbocycles. The Bertz CT molecular complexity index is 631. The second kappa shape index (κ2) is 16.9. The Morgan fingerprint density at radius 2 is 1.12 bits per heavy atom. The first kappa shape index (κ1) is 29.2. The molecule has 3 atom stereocenters. The number of aliphatic carboxylic acids is 2. The number of amides is 3. The van der Waals surface area contributed by atoms with E-state index in [0.29, 0.717) is 38.8 Å². The van der Waals surface area contributed by atoms with E-state index in [1.54, 1.807) is 0 Å². The second-order valence-corrected chi connectivity index (χ2v) is 7.29. The molecule has 0 aliphatic rings. The van der Waals surface area contributed by atoms with Crippen molar-refractivity contribution in [1.29, 1.82) is 0 Å². The third-order valence-corrected chi connectivity index (χ3v) is 4.63. The van der Waals surface area contributed by atoms with Gasteiger partial charge in [-0.2, -0.15) is 0 Å². The Morgan fingerprint density at radius 1 is 0.656 bits per heavy atom. The predicted octanol–water partition coefficient (Wildman–Crippen LogP) is -2.39. The normalized spacial score (nSPS) is 13.5. The number of hydrogen-bond acceptors (Lipinski definition) is 8. The molecule has 13 heteroatoms. The summed E-state index contributed by atoms with van der Waals surface area (Å²) in [6, 6.07) is -3.52. The van der Waals surface area contributed by atoms with Crippen LogP contribution in [0.3, 0.4) is 0 Å². The molecule has 184 valence electrons. The van der Waals surface area contributed by atoms with Crippen LogP contribution in [-0.4, -0.2) is 77.6 Å². The summed E-state index contributed by atoms with van der Waals surface area (Å²) in [5, 5.41) is 25.5. The fourth-order valence-electron chi connectivity index (χ4n) is 2.85. The van der Waals surface area contributed by atoms with Gasteiger partial charge in [-0.1, -0.05) is 0 Å². The minimum Gasteiger partial charge on any atom is -0.481 e. The number of hydrogen-bond donors (Lipinski definition) is 8. The van der Waals surface area contributed by atoms with Crippen molar-refractivity contribution in [3.05, 3.63) is 0 Å². The van der Waals surface area contributed by atoms with Gasteiger partial charge in [0.25, 0.3) is 0 Å². The molecule has 11 N–H and O–H groups in total. The first-order valence-electron chi connectivity index (χ1n) is 10.6. The molecule has 0 spiro atoms. The van der Waals surface area contributed by atoms with Crippen LogP contribution < -0.4 is 33.2 Å². The molecule has 0 aromatic rings. The van der Waals surface area contributed by atoms with Crippen molar-refractivity contribution in [2.75, 3.05) is 19.6 Å². The lowest BCUT2D eigenvalue weighted by molar-refractivity contribution is -0.143. The number of carbonyl (C=O) groups excluding carboxylic acids is 3. The minimum absolute atomic E-state index is 0.131. The van der Waals surface area contributed by atoms with Gasteiger partial charge in [0.1, 0.15) is 18.1 Å². The van der Waals surface area contributed by atoms with Crippen LogP contribution in [0.15, 0.2) is 0 Å². The van der Waals surface area contributed by atoms with Gasteiger partial charge in [0.2, 0.25) is 17.7 Å². The molecule has 0 saturated heterocycles. The minimum atomic E-state index is -1.30. The van der Waals surface area contributed by atoms with E-state index in [0.717, 1.165) is 0 Å². The van der Waals surface area contributed by atoms with Crippen LogP contribution in [0.1, 0.15) is 51.4 Å². The summed E-state index contributed by atoms with van der Waals surface area (Å²) < 4.78 is 0.